The molecule has 9 heavy (non-hydrogen) atoms. The molecule has 0 saturated heterocycles. The summed E-state index contributed by atoms with van der Waals surface area (Å²) in [7, 11) is 0. The van der Waals surface area contributed by atoms with Gasteiger partial charge in [-0.3, -0.25) is 4.79 Å². The molecule has 1 unspecified atom stereocenters. The lowest BCUT2D eigenvalue weighted by atomic mass is 10.1. The molecule has 0 aliphatic rings. The van der Waals surface area contributed by atoms with E-state index in [0.29, 0.717) is 0 Å². The Morgan fingerprint density at radius 3 is 2.56 bits per heavy atom. The van der Waals surface area contributed by atoms with E-state index < -0.39 is 6.36 Å². The zero-order chi connectivity index (χ0) is 7.28. The highest BCUT2D eigenvalue weighted by atomic mass is 19.1. The molecule has 0 saturated carbocycles. The highest BCUT2D eigenvalue weighted by Gasteiger charge is 2.07. The van der Waals surface area contributed by atoms with E-state index in [-0.39, 0.29) is 18.8 Å². The maximum atomic E-state index is 12.2. The van der Waals surface area contributed by atoms with Crippen LogP contribution in [-0.2, 0) is 9.53 Å². The van der Waals surface area contributed by atoms with Crippen LogP contribution < -0.4 is 0 Å². The lowest BCUT2D eigenvalue weighted by Crippen LogP contribution is -2.07. The fourth-order valence-electron chi connectivity index (χ4n) is 0.486. The van der Waals surface area contributed by atoms with E-state index in [1.807, 2.05) is 13.8 Å². The summed E-state index contributed by atoms with van der Waals surface area (Å²) in [5, 5.41) is 0. The fraction of sp³-hybridized carbons (Fsp3) is 0.833. The molecule has 0 amide bonds. The topological polar surface area (TPSA) is 26.3 Å². The second-order valence-electron chi connectivity index (χ2n) is 2.27. The van der Waals surface area contributed by atoms with Gasteiger partial charge in [-0.2, -0.15) is 0 Å². The van der Waals surface area contributed by atoms with Crippen LogP contribution in [0, 0.1) is 5.92 Å². The molecule has 1 atom stereocenters. The van der Waals surface area contributed by atoms with Crippen molar-refractivity contribution in [2.24, 2.45) is 5.92 Å². The van der Waals surface area contributed by atoms with E-state index in [1.54, 1.807) is 0 Å². The van der Waals surface area contributed by atoms with Gasteiger partial charge in [-0.25, -0.2) is 4.39 Å². The van der Waals surface area contributed by atoms with Crippen LogP contribution in [-0.4, -0.2) is 12.8 Å². The molecule has 3 heteroatoms. The maximum Gasteiger partial charge on any atom is 0.295 e. The minimum atomic E-state index is -1.43. The van der Waals surface area contributed by atoms with Gasteiger partial charge in [0.1, 0.15) is 0 Å². The number of hydrogen-bond acceptors (Lipinski definition) is 2. The summed E-state index contributed by atoms with van der Waals surface area (Å²) < 4.78 is 16.2. The number of rotatable bonds is 4. The van der Waals surface area contributed by atoms with Gasteiger partial charge in [0.05, 0.1) is 0 Å². The lowest BCUT2D eigenvalue weighted by molar-refractivity contribution is -0.142. The molecule has 0 radical (unpaired) electrons. The van der Waals surface area contributed by atoms with Crippen molar-refractivity contribution < 1.29 is 13.9 Å². The van der Waals surface area contributed by atoms with Crippen molar-refractivity contribution in [1.29, 1.82) is 0 Å². The quantitative estimate of drug-likeness (QED) is 0.544. The first-order valence-corrected chi connectivity index (χ1v) is 2.90. The van der Waals surface area contributed by atoms with Gasteiger partial charge < -0.3 is 4.74 Å². The molecule has 54 valence electrons. The predicted molar refractivity (Wildman–Crippen MR) is 31.5 cm³/mol. The van der Waals surface area contributed by atoms with Gasteiger partial charge in [0, 0.05) is 6.42 Å². The molecule has 2 nitrogen and oxygen atoms in total. The van der Waals surface area contributed by atoms with Gasteiger partial charge in [0.2, 0.25) is 6.36 Å². The zero-order valence-electron chi connectivity index (χ0n) is 5.63. The summed E-state index contributed by atoms with van der Waals surface area (Å²) in [6.07, 6.45) is -1.15. The van der Waals surface area contributed by atoms with Crippen LogP contribution in [0.1, 0.15) is 20.3 Å². The monoisotopic (exact) mass is 134 g/mol. The zero-order valence-corrected chi connectivity index (χ0v) is 5.63. The maximum absolute atomic E-state index is 12.2. The number of halogens is 1. The molecule has 0 bridgehead atoms. The Balaban J connectivity index is 3.25. The SMILES string of the molecule is CC(C)CC(F)OC=O. The van der Waals surface area contributed by atoms with Crippen molar-refractivity contribution >= 4 is 6.47 Å². The van der Waals surface area contributed by atoms with Crippen molar-refractivity contribution in [2.45, 2.75) is 26.6 Å². The smallest absolute Gasteiger partial charge is 0.295 e. The van der Waals surface area contributed by atoms with Crippen molar-refractivity contribution in [1.82, 2.24) is 0 Å². The second kappa shape index (κ2) is 4.30. The van der Waals surface area contributed by atoms with Crippen molar-refractivity contribution in [2.75, 3.05) is 0 Å². The van der Waals surface area contributed by atoms with E-state index in [9.17, 15) is 9.18 Å². The highest BCUT2D eigenvalue weighted by molar-refractivity contribution is 5.37. The summed E-state index contributed by atoms with van der Waals surface area (Å²) in [6, 6.07) is 0. The molecule has 0 N–H and O–H groups in total. The van der Waals surface area contributed by atoms with Gasteiger partial charge in [-0.05, 0) is 5.92 Å². The van der Waals surface area contributed by atoms with Gasteiger partial charge in [-0.1, -0.05) is 13.8 Å². The van der Waals surface area contributed by atoms with Crippen molar-refractivity contribution in [3.8, 4) is 0 Å². The van der Waals surface area contributed by atoms with Gasteiger partial charge in [0.15, 0.2) is 0 Å². The lowest BCUT2D eigenvalue weighted by Gasteiger charge is -2.06. The van der Waals surface area contributed by atoms with Crippen LogP contribution in [0.3, 0.4) is 0 Å². The van der Waals surface area contributed by atoms with Crippen LogP contribution in [0.5, 0.6) is 0 Å². The Bertz CT molecular complexity index is 83.1. The van der Waals surface area contributed by atoms with Gasteiger partial charge in [0.25, 0.3) is 6.47 Å². The van der Waals surface area contributed by atoms with Gasteiger partial charge >= 0.3 is 0 Å². The first-order valence-electron chi connectivity index (χ1n) is 2.90. The number of ether oxygens (including phenoxy) is 1. The molecular formula is C6H11FO2. The number of carbonyl (C=O) groups excluding carboxylic acids is 1. The van der Waals surface area contributed by atoms with Gasteiger partial charge in [-0.15, -0.1) is 0 Å². The summed E-state index contributed by atoms with van der Waals surface area (Å²) >= 11 is 0. The minimum Gasteiger partial charge on any atom is -0.433 e. The Kier molecular flexibility index (Phi) is 4.01. The molecule has 0 aromatic heterocycles. The Morgan fingerprint density at radius 1 is 1.67 bits per heavy atom. The molecule has 0 fully saturated rings. The molecule has 0 aromatic rings. The number of carbonyl (C=O) groups is 1. The standard InChI is InChI=1S/C6H11FO2/c1-5(2)3-6(7)9-4-8/h4-6H,3H2,1-2H3. The average Bonchev–Trinajstić information content (AvgIpc) is 1.63. The van der Waals surface area contributed by atoms with E-state index >= 15 is 0 Å². The fourth-order valence-corrected chi connectivity index (χ4v) is 0.486. The Morgan fingerprint density at radius 2 is 2.22 bits per heavy atom. The van der Waals surface area contributed by atoms with Crippen LogP contribution in [0.4, 0.5) is 4.39 Å². The Hall–Kier alpha value is -0.600. The number of alkyl halides is 1. The minimum absolute atomic E-state index is 0.132. The highest BCUT2D eigenvalue weighted by Crippen LogP contribution is 2.07. The summed E-state index contributed by atoms with van der Waals surface area (Å²) in [5.74, 6) is 0.222. The first kappa shape index (κ1) is 8.40. The Labute approximate surface area is 54.0 Å². The molecule has 0 rings (SSSR count). The molecule has 0 aromatic carbocycles. The van der Waals surface area contributed by atoms with E-state index in [0.717, 1.165) is 0 Å². The third-order valence-corrected chi connectivity index (χ3v) is 0.860. The molecule has 0 aliphatic heterocycles. The van der Waals surface area contributed by atoms with E-state index in [1.165, 1.54) is 0 Å². The molecular weight excluding hydrogens is 123 g/mol. The summed E-state index contributed by atoms with van der Waals surface area (Å²) in [5.41, 5.74) is 0. The summed E-state index contributed by atoms with van der Waals surface area (Å²) in [6.45, 7) is 3.86. The molecule has 0 aliphatic carbocycles. The largest absolute Gasteiger partial charge is 0.433 e. The normalized spacial score (nSPS) is 13.3. The molecule has 0 heterocycles. The average molecular weight is 134 g/mol. The van der Waals surface area contributed by atoms with Crippen LogP contribution >= 0.6 is 0 Å². The van der Waals surface area contributed by atoms with E-state index in [4.69, 9.17) is 0 Å². The third-order valence-electron chi connectivity index (χ3n) is 0.860. The molecule has 0 spiro atoms. The predicted octanol–water partition coefficient (Wildman–Crippen LogP) is 1.50. The summed E-state index contributed by atoms with van der Waals surface area (Å²) in [4.78, 5) is 9.53. The first-order chi connectivity index (χ1) is 4.16. The number of hydrogen-bond donors (Lipinski definition) is 0. The van der Waals surface area contributed by atoms with E-state index in [2.05, 4.69) is 4.74 Å². The van der Waals surface area contributed by atoms with Crippen LogP contribution in [0.25, 0.3) is 0 Å². The second-order valence-corrected chi connectivity index (χ2v) is 2.27. The van der Waals surface area contributed by atoms with Crippen molar-refractivity contribution in [3.05, 3.63) is 0 Å². The van der Waals surface area contributed by atoms with Crippen molar-refractivity contribution in [3.63, 3.8) is 0 Å². The van der Waals surface area contributed by atoms with Crippen LogP contribution in [0.2, 0.25) is 0 Å². The van der Waals surface area contributed by atoms with Crippen LogP contribution in [0.15, 0.2) is 0 Å². The third kappa shape index (κ3) is 5.27.